The van der Waals surface area contributed by atoms with E-state index in [0.717, 1.165) is 11.3 Å². The quantitative estimate of drug-likeness (QED) is 0.862. The Morgan fingerprint density at radius 1 is 1.36 bits per heavy atom. The van der Waals surface area contributed by atoms with Gasteiger partial charge in [0.2, 0.25) is 11.8 Å². The summed E-state index contributed by atoms with van der Waals surface area (Å²) in [7, 11) is 0. The van der Waals surface area contributed by atoms with E-state index in [4.69, 9.17) is 9.52 Å². The second kappa shape index (κ2) is 5.59. The fourth-order valence-corrected chi connectivity index (χ4v) is 3.69. The monoisotopic (exact) mass is 305 g/mol. The van der Waals surface area contributed by atoms with Crippen molar-refractivity contribution in [1.29, 1.82) is 0 Å². The summed E-state index contributed by atoms with van der Waals surface area (Å²) in [6, 6.07) is 2.39. The number of hydrogen-bond acceptors (Lipinski definition) is 4. The highest BCUT2D eigenvalue weighted by Crippen LogP contribution is 2.44. The van der Waals surface area contributed by atoms with Crippen LogP contribution in [0, 0.1) is 17.8 Å². The topological polar surface area (TPSA) is 87.8 Å². The summed E-state index contributed by atoms with van der Waals surface area (Å²) in [4.78, 5) is 37.6. The molecule has 1 aromatic heterocycles. The first-order valence-corrected chi connectivity index (χ1v) is 7.61. The van der Waals surface area contributed by atoms with Crippen molar-refractivity contribution in [1.82, 2.24) is 4.90 Å². The van der Waals surface area contributed by atoms with Crippen LogP contribution in [0.4, 0.5) is 0 Å². The number of carbonyl (C=O) groups excluding carboxylic acids is 2. The lowest BCUT2D eigenvalue weighted by Gasteiger charge is -2.25. The number of furan rings is 1. The van der Waals surface area contributed by atoms with Gasteiger partial charge in [0, 0.05) is 0 Å². The predicted molar refractivity (Wildman–Crippen MR) is 75.5 cm³/mol. The average molecular weight is 305 g/mol. The van der Waals surface area contributed by atoms with Gasteiger partial charge in [-0.2, -0.15) is 0 Å². The van der Waals surface area contributed by atoms with E-state index in [-0.39, 0.29) is 30.1 Å². The van der Waals surface area contributed by atoms with Crippen LogP contribution < -0.4 is 0 Å². The molecule has 1 N–H and O–H groups in total. The zero-order chi connectivity index (χ0) is 15.9. The van der Waals surface area contributed by atoms with Gasteiger partial charge in [0.1, 0.15) is 11.8 Å². The van der Waals surface area contributed by atoms with Crippen molar-refractivity contribution >= 4 is 17.8 Å². The minimum Gasteiger partial charge on any atom is -0.481 e. The van der Waals surface area contributed by atoms with Crippen molar-refractivity contribution in [2.75, 3.05) is 0 Å². The predicted octanol–water partition coefficient (Wildman–Crippen LogP) is 2.22. The largest absolute Gasteiger partial charge is 0.481 e. The molecule has 6 nitrogen and oxygen atoms in total. The molecule has 0 radical (unpaired) electrons. The fourth-order valence-electron chi connectivity index (χ4n) is 3.69. The number of likely N-dealkylation sites (tertiary alicyclic amines) is 1. The van der Waals surface area contributed by atoms with E-state index >= 15 is 0 Å². The summed E-state index contributed by atoms with van der Waals surface area (Å²) >= 11 is 0. The Kier molecular flexibility index (Phi) is 3.76. The van der Waals surface area contributed by atoms with Crippen molar-refractivity contribution in [3.63, 3.8) is 0 Å². The van der Waals surface area contributed by atoms with E-state index in [0.29, 0.717) is 24.5 Å². The van der Waals surface area contributed by atoms with Crippen molar-refractivity contribution in [2.45, 2.75) is 38.6 Å². The second-order valence-electron chi connectivity index (χ2n) is 6.31. The molecule has 1 saturated heterocycles. The zero-order valence-corrected chi connectivity index (χ0v) is 12.4. The van der Waals surface area contributed by atoms with Crippen LogP contribution in [0.15, 0.2) is 22.8 Å². The zero-order valence-electron chi connectivity index (χ0n) is 12.4. The third-order valence-corrected chi connectivity index (χ3v) is 4.77. The molecule has 4 unspecified atom stereocenters. The Bertz CT molecular complexity index is 594. The lowest BCUT2D eigenvalue weighted by atomic mass is 9.76. The molecule has 118 valence electrons. The Morgan fingerprint density at radius 2 is 2.09 bits per heavy atom. The minimum absolute atomic E-state index is 0.246. The number of carbonyl (C=O) groups is 3. The number of aliphatic carboxylic acids is 1. The average Bonchev–Trinajstić information content (AvgIpc) is 3.06. The van der Waals surface area contributed by atoms with Crippen molar-refractivity contribution < 1.29 is 23.9 Å². The molecular formula is C16H19NO5. The molecule has 1 aromatic rings. The summed E-state index contributed by atoms with van der Waals surface area (Å²) in [5.41, 5.74) is 0. The van der Waals surface area contributed by atoms with Gasteiger partial charge < -0.3 is 9.52 Å². The molecule has 0 bridgehead atoms. The molecule has 2 aliphatic rings. The minimum atomic E-state index is -1.06. The molecule has 1 aliphatic heterocycles. The number of hydrogen-bond donors (Lipinski definition) is 1. The highest BCUT2D eigenvalue weighted by atomic mass is 16.4. The molecule has 0 aromatic carbocycles. The molecule has 0 spiro atoms. The molecule has 3 rings (SSSR count). The first-order chi connectivity index (χ1) is 10.5. The summed E-state index contributed by atoms with van der Waals surface area (Å²) in [5.74, 6) is -1.40. The maximum atomic E-state index is 12.7. The van der Waals surface area contributed by atoms with Crippen LogP contribution in [0.1, 0.15) is 44.4 Å². The smallest absolute Gasteiger partial charge is 0.305 e. The van der Waals surface area contributed by atoms with Crippen molar-refractivity contribution in [3.8, 4) is 0 Å². The number of nitrogens with zero attached hydrogens (tertiary/aromatic N) is 1. The molecule has 6 heteroatoms. The lowest BCUT2D eigenvalue weighted by molar-refractivity contribution is -0.146. The highest BCUT2D eigenvalue weighted by molar-refractivity contribution is 6.05. The number of fused-ring (bicyclic) bond motifs is 1. The second-order valence-corrected chi connectivity index (χ2v) is 6.31. The van der Waals surface area contributed by atoms with Crippen LogP contribution in [0.3, 0.4) is 0 Å². The van der Waals surface area contributed by atoms with Gasteiger partial charge in [0.15, 0.2) is 0 Å². The van der Waals surface area contributed by atoms with E-state index in [2.05, 4.69) is 6.92 Å². The van der Waals surface area contributed by atoms with E-state index in [1.807, 2.05) is 0 Å². The highest BCUT2D eigenvalue weighted by Gasteiger charge is 2.52. The molecule has 1 saturated carbocycles. The number of rotatable bonds is 4. The third-order valence-electron chi connectivity index (χ3n) is 4.77. The normalized spacial score (nSPS) is 29.5. The fraction of sp³-hybridized carbons (Fsp3) is 0.562. The summed E-state index contributed by atoms with van der Waals surface area (Å²) in [6.45, 7) is 2.08. The molecular weight excluding hydrogens is 286 g/mol. The Balaban J connectivity index is 1.92. The van der Waals surface area contributed by atoms with Gasteiger partial charge in [-0.15, -0.1) is 0 Å². The van der Waals surface area contributed by atoms with Crippen LogP contribution in [-0.2, 0) is 14.4 Å². The summed E-state index contributed by atoms with van der Waals surface area (Å²) in [6.07, 6.45) is 3.41. The maximum absolute atomic E-state index is 12.7. The van der Waals surface area contributed by atoms with E-state index in [1.165, 1.54) is 6.26 Å². The number of amides is 2. The SMILES string of the molecule is CC1CCC2C(=O)N(C(CC(=O)O)c3ccco3)C(=O)C2C1. The van der Waals surface area contributed by atoms with E-state index < -0.39 is 12.0 Å². The van der Waals surface area contributed by atoms with Gasteiger partial charge in [0.05, 0.1) is 24.5 Å². The molecule has 2 amide bonds. The summed E-state index contributed by atoms with van der Waals surface area (Å²) in [5, 5.41) is 9.13. The first kappa shape index (κ1) is 14.8. The molecule has 22 heavy (non-hydrogen) atoms. The Labute approximate surface area is 128 Å². The van der Waals surface area contributed by atoms with Crippen LogP contribution >= 0.6 is 0 Å². The van der Waals surface area contributed by atoms with Crippen molar-refractivity contribution in [3.05, 3.63) is 24.2 Å². The van der Waals surface area contributed by atoms with Crippen LogP contribution in [0.25, 0.3) is 0 Å². The van der Waals surface area contributed by atoms with E-state index in [9.17, 15) is 14.4 Å². The molecule has 2 heterocycles. The van der Waals surface area contributed by atoms with Gasteiger partial charge in [-0.25, -0.2) is 0 Å². The number of carboxylic acids is 1. The molecule has 4 atom stereocenters. The Morgan fingerprint density at radius 3 is 2.73 bits per heavy atom. The van der Waals surface area contributed by atoms with E-state index in [1.54, 1.807) is 12.1 Å². The van der Waals surface area contributed by atoms with Gasteiger partial charge >= 0.3 is 5.97 Å². The van der Waals surface area contributed by atoms with Gasteiger partial charge in [-0.1, -0.05) is 6.92 Å². The van der Waals surface area contributed by atoms with Crippen LogP contribution in [0.5, 0.6) is 0 Å². The third kappa shape index (κ3) is 2.42. The summed E-state index contributed by atoms with van der Waals surface area (Å²) < 4.78 is 5.27. The first-order valence-electron chi connectivity index (χ1n) is 7.61. The van der Waals surface area contributed by atoms with Crippen LogP contribution in [0.2, 0.25) is 0 Å². The lowest BCUT2D eigenvalue weighted by Crippen LogP contribution is -2.36. The molecule has 1 aliphatic carbocycles. The number of carboxylic acid groups (broad SMARTS) is 1. The Hall–Kier alpha value is -2.11. The molecule has 2 fully saturated rings. The van der Waals surface area contributed by atoms with Gasteiger partial charge in [-0.05, 0) is 37.3 Å². The van der Waals surface area contributed by atoms with Crippen LogP contribution in [-0.4, -0.2) is 27.8 Å². The van der Waals surface area contributed by atoms with Gasteiger partial charge in [-0.3, -0.25) is 19.3 Å². The standard InChI is InChI=1S/C16H19NO5/c1-9-4-5-10-11(7-9)16(21)17(15(10)20)12(8-14(18)19)13-3-2-6-22-13/h2-3,6,9-12H,4-5,7-8H2,1H3,(H,18,19). The number of imide groups is 1. The van der Waals surface area contributed by atoms with Gasteiger partial charge in [0.25, 0.3) is 0 Å². The maximum Gasteiger partial charge on any atom is 0.305 e. The van der Waals surface area contributed by atoms with Crippen molar-refractivity contribution in [2.24, 2.45) is 17.8 Å².